The molecule has 3 aliphatic carbocycles. The molecule has 0 radical (unpaired) electrons. The van der Waals surface area contributed by atoms with E-state index in [1.807, 2.05) is 0 Å². The average Bonchev–Trinajstić information content (AvgIpc) is 1.87. The van der Waals surface area contributed by atoms with Gasteiger partial charge < -0.3 is 5.11 Å². The molecule has 0 aromatic carbocycles. The monoisotopic (exact) mass is 222 g/mol. The van der Waals surface area contributed by atoms with E-state index < -0.39 is 24.0 Å². The summed E-state index contributed by atoms with van der Waals surface area (Å²) in [7, 11) is 0. The molecule has 0 atom stereocenters. The topological polar surface area (TPSA) is 37.3 Å². The predicted octanol–water partition coefficient (Wildman–Crippen LogP) is 2.97. The van der Waals surface area contributed by atoms with Crippen molar-refractivity contribution in [2.75, 3.05) is 0 Å². The molecular formula is C10H13F3O2. The Hall–Kier alpha value is -0.740. The summed E-state index contributed by atoms with van der Waals surface area (Å²) >= 11 is 0. The van der Waals surface area contributed by atoms with Crippen LogP contribution in [0.25, 0.3) is 0 Å². The lowest BCUT2D eigenvalue weighted by Gasteiger charge is -2.68. The van der Waals surface area contributed by atoms with Gasteiger partial charge in [-0.3, -0.25) is 4.79 Å². The number of carbonyl (C=O) groups is 1. The van der Waals surface area contributed by atoms with E-state index in [0.717, 1.165) is 0 Å². The zero-order valence-corrected chi connectivity index (χ0v) is 8.23. The molecule has 0 aromatic rings. The van der Waals surface area contributed by atoms with Crippen molar-refractivity contribution >= 4 is 5.97 Å². The minimum Gasteiger partial charge on any atom is -0.481 e. The van der Waals surface area contributed by atoms with E-state index in [1.54, 1.807) is 0 Å². The summed E-state index contributed by atoms with van der Waals surface area (Å²) in [5.74, 6) is -0.778. The van der Waals surface area contributed by atoms with Gasteiger partial charge in [-0.25, -0.2) is 0 Å². The molecule has 1 N–H and O–H groups in total. The van der Waals surface area contributed by atoms with Crippen LogP contribution in [0, 0.1) is 10.8 Å². The van der Waals surface area contributed by atoms with Crippen LogP contribution >= 0.6 is 0 Å². The van der Waals surface area contributed by atoms with Crippen molar-refractivity contribution in [2.45, 2.75) is 44.7 Å². The zero-order chi connectivity index (χ0) is 11.3. The van der Waals surface area contributed by atoms with Crippen LogP contribution in [-0.4, -0.2) is 17.3 Å². The van der Waals surface area contributed by atoms with Crippen molar-refractivity contribution in [2.24, 2.45) is 10.8 Å². The maximum atomic E-state index is 11.9. The molecule has 0 saturated heterocycles. The van der Waals surface area contributed by atoms with Crippen LogP contribution in [0.3, 0.4) is 0 Å². The van der Waals surface area contributed by atoms with Crippen LogP contribution in [0.4, 0.5) is 13.2 Å². The van der Waals surface area contributed by atoms with Crippen molar-refractivity contribution in [3.63, 3.8) is 0 Å². The summed E-state index contributed by atoms with van der Waals surface area (Å²) in [5, 5.41) is 8.82. The first kappa shape index (κ1) is 10.8. The number of aliphatic carboxylic acids is 1. The fourth-order valence-electron chi connectivity index (χ4n) is 3.15. The summed E-state index contributed by atoms with van der Waals surface area (Å²) in [6.45, 7) is 0. The van der Waals surface area contributed by atoms with Crippen LogP contribution < -0.4 is 0 Å². The molecule has 3 rings (SSSR count). The Kier molecular flexibility index (Phi) is 2.07. The molecule has 0 unspecified atom stereocenters. The van der Waals surface area contributed by atoms with Crippen molar-refractivity contribution in [1.82, 2.24) is 0 Å². The van der Waals surface area contributed by atoms with E-state index in [4.69, 9.17) is 5.11 Å². The molecule has 15 heavy (non-hydrogen) atoms. The smallest absolute Gasteiger partial charge is 0.389 e. The van der Waals surface area contributed by atoms with Crippen molar-refractivity contribution < 1.29 is 23.1 Å². The summed E-state index contributed by atoms with van der Waals surface area (Å²) in [6.07, 6.45) is -2.38. The Morgan fingerprint density at radius 3 is 2.20 bits per heavy atom. The van der Waals surface area contributed by atoms with E-state index >= 15 is 0 Å². The van der Waals surface area contributed by atoms with E-state index in [2.05, 4.69) is 0 Å². The second-order valence-electron chi connectivity index (χ2n) is 5.08. The Bertz CT molecular complexity index is 276. The molecule has 0 spiro atoms. The van der Waals surface area contributed by atoms with Crippen LogP contribution in [0.2, 0.25) is 0 Å². The standard InChI is InChI=1S/C10H13F3O2/c11-10(12,13)3-1-2-8-4-9(5-8,6-8)7(14)15/h1-6H2,(H,14,15). The van der Waals surface area contributed by atoms with Gasteiger partial charge in [0.15, 0.2) is 0 Å². The van der Waals surface area contributed by atoms with Gasteiger partial charge in [0.05, 0.1) is 5.41 Å². The average molecular weight is 222 g/mol. The van der Waals surface area contributed by atoms with Gasteiger partial charge in [-0.15, -0.1) is 0 Å². The Morgan fingerprint density at radius 1 is 1.27 bits per heavy atom. The van der Waals surface area contributed by atoms with Crippen molar-refractivity contribution in [1.29, 1.82) is 0 Å². The van der Waals surface area contributed by atoms with E-state index in [1.165, 1.54) is 0 Å². The van der Waals surface area contributed by atoms with Gasteiger partial charge in [-0.2, -0.15) is 13.2 Å². The van der Waals surface area contributed by atoms with Gasteiger partial charge in [-0.1, -0.05) is 0 Å². The first-order valence-electron chi connectivity index (χ1n) is 5.07. The van der Waals surface area contributed by atoms with Crippen molar-refractivity contribution in [3.05, 3.63) is 0 Å². The summed E-state index contributed by atoms with van der Waals surface area (Å²) in [4.78, 5) is 10.7. The lowest BCUT2D eigenvalue weighted by atomic mass is 9.34. The molecule has 3 fully saturated rings. The minimum absolute atomic E-state index is 0.0519. The van der Waals surface area contributed by atoms with Gasteiger partial charge >= 0.3 is 12.1 Å². The highest BCUT2D eigenvalue weighted by molar-refractivity contribution is 5.79. The Balaban J connectivity index is 1.71. The first-order valence-corrected chi connectivity index (χ1v) is 5.07. The highest BCUT2D eigenvalue weighted by Crippen LogP contribution is 2.75. The molecule has 0 aliphatic heterocycles. The van der Waals surface area contributed by atoms with Crippen LogP contribution in [0.1, 0.15) is 38.5 Å². The van der Waals surface area contributed by atoms with Gasteiger partial charge in [0.2, 0.25) is 0 Å². The number of carboxylic acid groups (broad SMARTS) is 1. The fraction of sp³-hybridized carbons (Fsp3) is 0.900. The van der Waals surface area contributed by atoms with Gasteiger partial charge in [0, 0.05) is 6.42 Å². The number of alkyl halides is 3. The fourth-order valence-corrected chi connectivity index (χ4v) is 3.15. The number of hydrogen-bond donors (Lipinski definition) is 1. The molecule has 0 amide bonds. The Morgan fingerprint density at radius 2 is 1.80 bits per heavy atom. The molecule has 86 valence electrons. The molecule has 3 saturated carbocycles. The second kappa shape index (κ2) is 2.89. The molecule has 0 aromatic heterocycles. The van der Waals surface area contributed by atoms with E-state index in [-0.39, 0.29) is 11.8 Å². The van der Waals surface area contributed by atoms with Gasteiger partial charge in [0.25, 0.3) is 0 Å². The number of halogens is 3. The molecule has 0 heterocycles. The number of hydrogen-bond acceptors (Lipinski definition) is 1. The van der Waals surface area contributed by atoms with Gasteiger partial charge in [-0.05, 0) is 37.5 Å². The molecule has 2 bridgehead atoms. The predicted molar refractivity (Wildman–Crippen MR) is 46.3 cm³/mol. The molecule has 5 heteroatoms. The van der Waals surface area contributed by atoms with Gasteiger partial charge in [0.1, 0.15) is 0 Å². The highest BCUT2D eigenvalue weighted by Gasteiger charge is 2.71. The summed E-state index contributed by atoms with van der Waals surface area (Å²) < 4.78 is 35.6. The number of rotatable bonds is 4. The van der Waals surface area contributed by atoms with Crippen LogP contribution in [-0.2, 0) is 4.79 Å². The largest absolute Gasteiger partial charge is 0.481 e. The SMILES string of the molecule is O=C(O)C12CC(CCCC(F)(F)F)(C1)C2. The minimum atomic E-state index is -4.08. The molecular weight excluding hydrogens is 209 g/mol. The van der Waals surface area contributed by atoms with E-state index in [0.29, 0.717) is 25.7 Å². The summed E-state index contributed by atoms with van der Waals surface area (Å²) in [6, 6.07) is 0. The molecule has 3 aliphatic rings. The summed E-state index contributed by atoms with van der Waals surface area (Å²) in [5.41, 5.74) is -0.609. The normalized spacial score (nSPS) is 38.1. The molecule has 2 nitrogen and oxygen atoms in total. The zero-order valence-electron chi connectivity index (χ0n) is 8.23. The maximum absolute atomic E-state index is 11.9. The lowest BCUT2D eigenvalue weighted by molar-refractivity contribution is -0.227. The second-order valence-corrected chi connectivity index (χ2v) is 5.08. The third-order valence-electron chi connectivity index (χ3n) is 3.76. The van der Waals surface area contributed by atoms with E-state index in [9.17, 15) is 18.0 Å². The first-order chi connectivity index (χ1) is 6.77. The van der Waals surface area contributed by atoms with Crippen LogP contribution in [0.15, 0.2) is 0 Å². The van der Waals surface area contributed by atoms with Crippen LogP contribution in [0.5, 0.6) is 0 Å². The highest BCUT2D eigenvalue weighted by atomic mass is 19.4. The quantitative estimate of drug-likeness (QED) is 0.793. The third-order valence-corrected chi connectivity index (χ3v) is 3.76. The van der Waals surface area contributed by atoms with Crippen molar-refractivity contribution in [3.8, 4) is 0 Å². The number of carboxylic acids is 1. The Labute approximate surface area is 85.5 Å². The maximum Gasteiger partial charge on any atom is 0.389 e. The third kappa shape index (κ3) is 1.72. The lowest BCUT2D eigenvalue weighted by Crippen LogP contribution is -2.65.